The average Bonchev–Trinajstić information content (AvgIpc) is 3.45. The molecule has 4 N–H and O–H groups in total. The minimum absolute atomic E-state index is 0.0199. The molecule has 0 aromatic carbocycles. The van der Waals surface area contributed by atoms with Crippen LogP contribution in [0.25, 0.3) is 0 Å². The lowest BCUT2D eigenvalue weighted by atomic mass is 9.97. The van der Waals surface area contributed by atoms with Crippen molar-refractivity contribution in [1.29, 1.82) is 10.5 Å². The zero-order valence-electron chi connectivity index (χ0n) is 19.5. The Hall–Kier alpha value is -3.80. The lowest BCUT2D eigenvalue weighted by molar-refractivity contribution is 0.379. The van der Waals surface area contributed by atoms with Crippen molar-refractivity contribution in [3.63, 3.8) is 0 Å². The van der Waals surface area contributed by atoms with E-state index in [2.05, 4.69) is 27.1 Å². The number of hydrogen-bond donors (Lipinski definition) is 2. The van der Waals surface area contributed by atoms with Gasteiger partial charge in [-0.2, -0.15) is 20.5 Å². The number of pyridine rings is 1. The van der Waals surface area contributed by atoms with Crippen LogP contribution in [0, 0.1) is 22.7 Å². The minimum Gasteiger partial charge on any atom is -0.467 e. The summed E-state index contributed by atoms with van der Waals surface area (Å²) >= 11 is 7.64. The number of nitrogen functional groups attached to an aromatic ring is 2. The van der Waals surface area contributed by atoms with Crippen LogP contribution in [0.2, 0.25) is 4.34 Å². The van der Waals surface area contributed by atoms with Crippen molar-refractivity contribution in [2.45, 2.75) is 25.3 Å². The monoisotopic (exact) mass is 509 g/mol. The van der Waals surface area contributed by atoms with Crippen LogP contribution < -0.4 is 26.0 Å². The van der Waals surface area contributed by atoms with E-state index in [0.29, 0.717) is 51.0 Å². The standard InChI is InChI=1S/C23H24ClN9OS/c1-12(14-5-4-7-29-19(14)27)32(2)21-16(10-26)22(31-23(30-21)34-3)33-8-6-13(11-33)17-15(9-25)20(28)35-18(17)24/h4-5,7,12-13H,6,8,11,28H2,1-3H3,(H2,27,29). The lowest BCUT2D eigenvalue weighted by Gasteiger charge is -2.29. The van der Waals surface area contributed by atoms with Gasteiger partial charge >= 0.3 is 6.01 Å². The molecule has 1 saturated heterocycles. The van der Waals surface area contributed by atoms with Crippen molar-refractivity contribution in [1.82, 2.24) is 15.0 Å². The molecule has 35 heavy (non-hydrogen) atoms. The van der Waals surface area contributed by atoms with Crippen LogP contribution in [0.15, 0.2) is 18.3 Å². The van der Waals surface area contributed by atoms with Gasteiger partial charge in [0, 0.05) is 43.4 Å². The van der Waals surface area contributed by atoms with Crippen LogP contribution in [0.5, 0.6) is 6.01 Å². The summed E-state index contributed by atoms with van der Waals surface area (Å²) in [4.78, 5) is 17.0. The summed E-state index contributed by atoms with van der Waals surface area (Å²) in [6.45, 7) is 3.10. The highest BCUT2D eigenvalue weighted by molar-refractivity contribution is 7.20. The van der Waals surface area contributed by atoms with Gasteiger partial charge in [0.2, 0.25) is 0 Å². The summed E-state index contributed by atoms with van der Waals surface area (Å²) in [5.74, 6) is 1.28. The van der Waals surface area contributed by atoms with Crippen molar-refractivity contribution < 1.29 is 4.74 Å². The Balaban J connectivity index is 1.72. The van der Waals surface area contributed by atoms with Gasteiger partial charge in [0.1, 0.15) is 28.5 Å². The maximum absolute atomic E-state index is 10.2. The molecule has 12 heteroatoms. The number of aromatic nitrogens is 3. The summed E-state index contributed by atoms with van der Waals surface area (Å²) in [7, 11) is 3.32. The summed E-state index contributed by atoms with van der Waals surface area (Å²) in [5, 5.41) is 20.1. The first-order chi connectivity index (χ1) is 16.8. The van der Waals surface area contributed by atoms with E-state index < -0.39 is 0 Å². The van der Waals surface area contributed by atoms with E-state index in [1.165, 1.54) is 18.4 Å². The fourth-order valence-corrected chi connectivity index (χ4v) is 5.70. The molecule has 0 saturated carbocycles. The third-order valence-electron chi connectivity index (χ3n) is 6.32. The smallest absolute Gasteiger partial charge is 0.320 e. The maximum atomic E-state index is 10.2. The van der Waals surface area contributed by atoms with Gasteiger partial charge in [-0.15, -0.1) is 11.3 Å². The largest absolute Gasteiger partial charge is 0.467 e. The number of hydrogen-bond acceptors (Lipinski definition) is 11. The molecule has 1 aliphatic heterocycles. The van der Waals surface area contributed by atoms with Gasteiger partial charge in [-0.25, -0.2) is 4.98 Å². The summed E-state index contributed by atoms with van der Waals surface area (Å²) < 4.78 is 5.91. The van der Waals surface area contributed by atoms with Gasteiger partial charge in [0.25, 0.3) is 0 Å². The first kappa shape index (κ1) is 24.3. The molecule has 10 nitrogen and oxygen atoms in total. The average molecular weight is 510 g/mol. The zero-order valence-corrected chi connectivity index (χ0v) is 21.1. The molecule has 2 unspecified atom stereocenters. The molecular formula is C23H24ClN9OS. The molecule has 4 rings (SSSR count). The molecule has 2 atom stereocenters. The molecule has 0 spiro atoms. The Morgan fingerprint density at radius 3 is 2.69 bits per heavy atom. The molecule has 1 fully saturated rings. The van der Waals surface area contributed by atoms with Crippen LogP contribution in [0.1, 0.15) is 47.6 Å². The molecule has 4 heterocycles. The van der Waals surface area contributed by atoms with Crippen LogP contribution in [-0.2, 0) is 0 Å². The van der Waals surface area contributed by atoms with Gasteiger partial charge in [-0.3, -0.25) is 0 Å². The van der Waals surface area contributed by atoms with Gasteiger partial charge in [-0.1, -0.05) is 17.7 Å². The fraction of sp³-hybridized carbons (Fsp3) is 0.348. The maximum Gasteiger partial charge on any atom is 0.320 e. The first-order valence-electron chi connectivity index (χ1n) is 10.8. The molecule has 0 bridgehead atoms. The lowest BCUT2D eigenvalue weighted by Crippen LogP contribution is -2.28. The minimum atomic E-state index is -0.222. The van der Waals surface area contributed by atoms with E-state index in [0.717, 1.165) is 17.5 Å². The quantitative estimate of drug-likeness (QED) is 0.502. The van der Waals surface area contributed by atoms with E-state index in [4.69, 9.17) is 27.8 Å². The Morgan fingerprint density at radius 2 is 2.03 bits per heavy atom. The number of thiophene rings is 1. The molecular weight excluding hydrogens is 486 g/mol. The number of halogens is 1. The number of nitrogens with two attached hydrogens (primary N) is 2. The topological polar surface area (TPSA) is 154 Å². The van der Waals surface area contributed by atoms with Crippen LogP contribution in [0.4, 0.5) is 22.5 Å². The molecule has 0 amide bonds. The molecule has 0 radical (unpaired) electrons. The highest BCUT2D eigenvalue weighted by atomic mass is 35.5. The van der Waals surface area contributed by atoms with Crippen molar-refractivity contribution >= 4 is 45.4 Å². The molecule has 3 aromatic heterocycles. The van der Waals surface area contributed by atoms with E-state index in [1.54, 1.807) is 6.20 Å². The highest BCUT2D eigenvalue weighted by Crippen LogP contribution is 2.44. The Labute approximate surface area is 212 Å². The fourth-order valence-electron chi connectivity index (χ4n) is 4.37. The summed E-state index contributed by atoms with van der Waals surface area (Å²) in [5.41, 5.74) is 14.4. The number of rotatable bonds is 6. The van der Waals surface area contributed by atoms with Crippen molar-refractivity contribution in [3.8, 4) is 18.1 Å². The SMILES string of the molecule is COc1nc(N2CCC(c3c(Cl)sc(N)c3C#N)C2)c(C#N)c(N(C)C(C)c2cccnc2N)n1. The van der Waals surface area contributed by atoms with E-state index in [9.17, 15) is 10.5 Å². The van der Waals surface area contributed by atoms with Gasteiger partial charge in [-0.05, 0) is 19.4 Å². The third-order valence-corrected chi connectivity index (χ3v) is 7.57. The number of methoxy groups -OCH3 is 1. The second-order valence-corrected chi connectivity index (χ2v) is 9.84. The number of ether oxygens (including phenoxy) is 1. The Kier molecular flexibility index (Phi) is 6.83. The highest BCUT2D eigenvalue weighted by Gasteiger charge is 2.33. The van der Waals surface area contributed by atoms with Gasteiger partial charge in [0.05, 0.1) is 23.1 Å². The molecule has 0 aliphatic carbocycles. The van der Waals surface area contributed by atoms with Crippen molar-refractivity contribution in [2.24, 2.45) is 0 Å². The van der Waals surface area contributed by atoms with E-state index in [1.807, 2.05) is 35.9 Å². The normalized spacial score (nSPS) is 15.9. The van der Waals surface area contributed by atoms with Crippen molar-refractivity contribution in [3.05, 3.63) is 44.9 Å². The van der Waals surface area contributed by atoms with Gasteiger partial charge in [0.15, 0.2) is 11.6 Å². The van der Waals surface area contributed by atoms with Crippen LogP contribution >= 0.6 is 22.9 Å². The predicted molar refractivity (Wildman–Crippen MR) is 137 cm³/mol. The molecule has 3 aromatic rings. The first-order valence-corrected chi connectivity index (χ1v) is 12.0. The number of anilines is 4. The van der Waals surface area contributed by atoms with Crippen LogP contribution in [0.3, 0.4) is 0 Å². The number of nitriles is 2. The molecule has 1 aliphatic rings. The third kappa shape index (κ3) is 4.36. The molecule has 180 valence electrons. The summed E-state index contributed by atoms with van der Waals surface area (Å²) in [6.07, 6.45) is 2.36. The van der Waals surface area contributed by atoms with Gasteiger partial charge < -0.3 is 26.0 Å². The second kappa shape index (κ2) is 9.82. The van der Waals surface area contributed by atoms with Crippen LogP contribution in [-0.4, -0.2) is 42.2 Å². The summed E-state index contributed by atoms with van der Waals surface area (Å²) in [6, 6.07) is 8.09. The zero-order chi connectivity index (χ0) is 25.3. The van der Waals surface area contributed by atoms with Crippen molar-refractivity contribution in [2.75, 3.05) is 48.5 Å². The van der Waals surface area contributed by atoms with E-state index >= 15 is 0 Å². The Bertz CT molecular complexity index is 1350. The predicted octanol–water partition coefficient (Wildman–Crippen LogP) is 3.69. The Morgan fingerprint density at radius 1 is 1.29 bits per heavy atom. The number of nitrogens with zero attached hydrogens (tertiary/aromatic N) is 7. The van der Waals surface area contributed by atoms with E-state index in [-0.39, 0.29) is 18.0 Å². The second-order valence-electron chi connectivity index (χ2n) is 8.18.